The van der Waals surface area contributed by atoms with Gasteiger partial charge in [0, 0.05) is 0 Å². The molecular formula is C21H24N4O5S. The Balaban J connectivity index is 1.94. The molecule has 0 atom stereocenters. The van der Waals surface area contributed by atoms with Crippen molar-refractivity contribution < 1.29 is 23.9 Å². The lowest BCUT2D eigenvalue weighted by molar-refractivity contribution is -0.116. The molecule has 9 nitrogen and oxygen atoms in total. The minimum atomic E-state index is -0.638. The van der Waals surface area contributed by atoms with Crippen molar-refractivity contribution >= 4 is 45.2 Å². The van der Waals surface area contributed by atoms with E-state index in [9.17, 15) is 14.4 Å². The van der Waals surface area contributed by atoms with Gasteiger partial charge in [0.05, 0.1) is 37.4 Å². The molecule has 1 N–H and O–H groups in total. The first-order valence-electron chi connectivity index (χ1n) is 9.45. The highest BCUT2D eigenvalue weighted by atomic mass is 32.1. The summed E-state index contributed by atoms with van der Waals surface area (Å²) in [5.41, 5.74) is 2.17. The number of fused-ring (bicyclic) bond motifs is 1. The zero-order chi connectivity index (χ0) is 22.7. The molecule has 0 unspecified atom stereocenters. The predicted molar refractivity (Wildman–Crippen MR) is 117 cm³/mol. The lowest BCUT2D eigenvalue weighted by Gasteiger charge is -2.13. The molecule has 3 aromatic rings. The van der Waals surface area contributed by atoms with Crippen molar-refractivity contribution in [2.75, 3.05) is 33.6 Å². The fourth-order valence-electron chi connectivity index (χ4n) is 3.25. The van der Waals surface area contributed by atoms with Crippen LogP contribution in [0.4, 0.5) is 5.00 Å². The lowest BCUT2D eigenvalue weighted by atomic mass is 10.1. The van der Waals surface area contributed by atoms with E-state index in [4.69, 9.17) is 9.47 Å². The molecule has 0 fully saturated rings. The molecule has 2 heterocycles. The van der Waals surface area contributed by atoms with Crippen LogP contribution in [-0.4, -0.2) is 60.6 Å². The van der Waals surface area contributed by atoms with Gasteiger partial charge in [-0.05, 0) is 38.7 Å². The number of esters is 2. The second kappa shape index (κ2) is 9.27. The first kappa shape index (κ1) is 22.4. The molecule has 0 radical (unpaired) electrons. The number of rotatable bonds is 7. The molecule has 0 aliphatic heterocycles. The fraction of sp³-hybridized carbons (Fsp3) is 0.333. The Morgan fingerprint density at radius 2 is 1.81 bits per heavy atom. The molecule has 0 aliphatic carbocycles. The van der Waals surface area contributed by atoms with Gasteiger partial charge in [0.2, 0.25) is 5.91 Å². The van der Waals surface area contributed by atoms with Crippen LogP contribution in [0.25, 0.3) is 11.0 Å². The van der Waals surface area contributed by atoms with Crippen molar-refractivity contribution in [3.63, 3.8) is 0 Å². The average molecular weight is 445 g/mol. The number of methoxy groups -OCH3 is 2. The number of para-hydroxylation sites is 2. The normalized spacial score (nSPS) is 11.0. The van der Waals surface area contributed by atoms with Crippen LogP contribution in [0.5, 0.6) is 0 Å². The van der Waals surface area contributed by atoms with Gasteiger partial charge < -0.3 is 24.3 Å². The van der Waals surface area contributed by atoms with Crippen molar-refractivity contribution in [2.24, 2.45) is 0 Å². The maximum Gasteiger partial charge on any atom is 0.348 e. The number of ether oxygens (including phenoxy) is 2. The standard InChI is InChI=1S/C21H24N4O5S/c1-12-17(20(27)29-4)19(31-18(12)21(28)30-5)23-16(26)11-25-14-9-7-6-8-13(14)22-15(25)10-24(2)3/h6-9H,10-11H2,1-5H3,(H,23,26). The first-order valence-corrected chi connectivity index (χ1v) is 10.3. The van der Waals surface area contributed by atoms with Gasteiger partial charge in [0.1, 0.15) is 22.2 Å². The van der Waals surface area contributed by atoms with Crippen molar-refractivity contribution in [1.82, 2.24) is 14.5 Å². The van der Waals surface area contributed by atoms with E-state index in [0.29, 0.717) is 12.1 Å². The van der Waals surface area contributed by atoms with Crippen LogP contribution in [0, 0.1) is 6.92 Å². The third kappa shape index (κ3) is 4.59. The summed E-state index contributed by atoms with van der Waals surface area (Å²) >= 11 is 0.981. The van der Waals surface area contributed by atoms with Gasteiger partial charge in [-0.1, -0.05) is 12.1 Å². The molecule has 1 aromatic carbocycles. The Hall–Kier alpha value is -3.24. The van der Waals surface area contributed by atoms with E-state index in [-0.39, 0.29) is 27.9 Å². The summed E-state index contributed by atoms with van der Waals surface area (Å²) in [4.78, 5) is 44.1. The summed E-state index contributed by atoms with van der Waals surface area (Å²) in [5.74, 6) is -0.833. The van der Waals surface area contributed by atoms with Gasteiger partial charge in [-0.3, -0.25) is 4.79 Å². The highest BCUT2D eigenvalue weighted by Crippen LogP contribution is 2.34. The summed E-state index contributed by atoms with van der Waals surface area (Å²) in [6, 6.07) is 7.58. The summed E-state index contributed by atoms with van der Waals surface area (Å²) in [7, 11) is 6.35. The van der Waals surface area contributed by atoms with E-state index < -0.39 is 11.9 Å². The second-order valence-corrected chi connectivity index (χ2v) is 8.15. The Labute approximate surface area is 183 Å². The molecule has 0 aliphatic rings. The zero-order valence-corrected chi connectivity index (χ0v) is 18.8. The minimum absolute atomic E-state index is 0.00515. The Kier molecular flexibility index (Phi) is 6.71. The number of imidazole rings is 1. The van der Waals surface area contributed by atoms with Gasteiger partial charge in [-0.15, -0.1) is 11.3 Å². The summed E-state index contributed by atoms with van der Waals surface area (Å²) in [6.45, 7) is 2.16. The lowest BCUT2D eigenvalue weighted by Crippen LogP contribution is -2.23. The van der Waals surface area contributed by atoms with Crippen LogP contribution < -0.4 is 5.32 Å². The Bertz CT molecular complexity index is 1150. The van der Waals surface area contributed by atoms with Crippen LogP contribution in [0.1, 0.15) is 31.4 Å². The molecule has 3 rings (SSSR count). The molecule has 164 valence electrons. The van der Waals surface area contributed by atoms with Gasteiger partial charge in [-0.2, -0.15) is 0 Å². The summed E-state index contributed by atoms with van der Waals surface area (Å²) < 4.78 is 11.5. The van der Waals surface area contributed by atoms with Gasteiger partial charge in [0.25, 0.3) is 0 Å². The van der Waals surface area contributed by atoms with E-state index >= 15 is 0 Å². The number of amides is 1. The smallest absolute Gasteiger partial charge is 0.348 e. The Morgan fingerprint density at radius 1 is 1.13 bits per heavy atom. The minimum Gasteiger partial charge on any atom is -0.465 e. The van der Waals surface area contributed by atoms with Gasteiger partial charge in [-0.25, -0.2) is 14.6 Å². The van der Waals surface area contributed by atoms with Gasteiger partial charge >= 0.3 is 11.9 Å². The van der Waals surface area contributed by atoms with Crippen LogP contribution in [0.3, 0.4) is 0 Å². The van der Waals surface area contributed by atoms with Crippen molar-refractivity contribution in [3.05, 3.63) is 46.1 Å². The third-order valence-electron chi connectivity index (χ3n) is 4.65. The number of thiophene rings is 1. The number of hydrogen-bond donors (Lipinski definition) is 1. The Morgan fingerprint density at radius 3 is 2.45 bits per heavy atom. The number of nitrogens with zero attached hydrogens (tertiary/aromatic N) is 3. The SMILES string of the molecule is COC(=O)c1sc(NC(=O)Cn2c(CN(C)C)nc3ccccc32)c(C(=O)OC)c1C. The van der Waals surface area contributed by atoms with Crippen LogP contribution in [0.2, 0.25) is 0 Å². The van der Waals surface area contributed by atoms with E-state index in [1.54, 1.807) is 6.92 Å². The van der Waals surface area contributed by atoms with Crippen molar-refractivity contribution in [3.8, 4) is 0 Å². The quantitative estimate of drug-likeness (QED) is 0.559. The van der Waals surface area contributed by atoms with Crippen molar-refractivity contribution in [1.29, 1.82) is 0 Å². The molecule has 31 heavy (non-hydrogen) atoms. The molecule has 0 spiro atoms. The number of carbonyl (C=O) groups excluding carboxylic acids is 3. The number of benzene rings is 1. The molecule has 0 saturated carbocycles. The molecule has 0 saturated heterocycles. The number of hydrogen-bond acceptors (Lipinski definition) is 8. The average Bonchev–Trinajstić information content (AvgIpc) is 3.23. The predicted octanol–water partition coefficient (Wildman–Crippen LogP) is 2.68. The number of aromatic nitrogens is 2. The number of nitrogens with one attached hydrogen (secondary N) is 1. The van der Waals surface area contributed by atoms with E-state index in [0.717, 1.165) is 28.2 Å². The maximum absolute atomic E-state index is 12.9. The van der Waals surface area contributed by atoms with E-state index in [1.165, 1.54) is 14.2 Å². The monoisotopic (exact) mass is 444 g/mol. The van der Waals surface area contributed by atoms with E-state index in [2.05, 4.69) is 10.3 Å². The highest BCUT2D eigenvalue weighted by Gasteiger charge is 2.27. The number of anilines is 1. The first-order chi connectivity index (χ1) is 14.8. The molecule has 0 bridgehead atoms. The third-order valence-corrected chi connectivity index (χ3v) is 5.84. The van der Waals surface area contributed by atoms with Crippen LogP contribution in [0.15, 0.2) is 24.3 Å². The topological polar surface area (TPSA) is 103 Å². The maximum atomic E-state index is 12.9. The molecular weight excluding hydrogens is 420 g/mol. The van der Waals surface area contributed by atoms with E-state index in [1.807, 2.05) is 47.8 Å². The highest BCUT2D eigenvalue weighted by molar-refractivity contribution is 7.18. The van der Waals surface area contributed by atoms with Crippen LogP contribution in [-0.2, 0) is 27.4 Å². The van der Waals surface area contributed by atoms with Crippen molar-refractivity contribution in [2.45, 2.75) is 20.0 Å². The molecule has 10 heteroatoms. The number of carbonyl (C=O) groups is 3. The summed E-state index contributed by atoms with van der Waals surface area (Å²) in [6.07, 6.45) is 0. The second-order valence-electron chi connectivity index (χ2n) is 7.13. The molecule has 1 amide bonds. The van der Waals surface area contributed by atoms with Gasteiger partial charge in [0.15, 0.2) is 0 Å². The van der Waals surface area contributed by atoms with Crippen LogP contribution >= 0.6 is 11.3 Å². The summed E-state index contributed by atoms with van der Waals surface area (Å²) in [5, 5.41) is 3.00. The fourth-order valence-corrected chi connectivity index (χ4v) is 4.38. The zero-order valence-electron chi connectivity index (χ0n) is 18.0. The largest absolute Gasteiger partial charge is 0.465 e. The molecule has 2 aromatic heterocycles.